The Hall–Kier alpha value is -0.320. The Bertz CT molecular complexity index is 440. The molecule has 0 heterocycles. The molecule has 0 atom stereocenters. The fraction of sp³-hybridized carbons (Fsp3) is 0.600. The van der Waals surface area contributed by atoms with E-state index >= 15 is 0 Å². The molecule has 0 spiro atoms. The molecule has 2 rings (SSSR count). The van der Waals surface area contributed by atoms with Crippen LogP contribution in [0.5, 0.6) is 5.75 Å². The molecule has 1 saturated carbocycles. The fourth-order valence-electron chi connectivity index (χ4n) is 1.97. The molecule has 5 heteroatoms. The Labute approximate surface area is 133 Å². The summed E-state index contributed by atoms with van der Waals surface area (Å²) in [6.45, 7) is 1.73. The topological polar surface area (TPSA) is 21.3 Å². The molecule has 0 aromatic heterocycles. The fourth-order valence-corrected chi connectivity index (χ4v) is 2.72. The van der Waals surface area contributed by atoms with Crippen LogP contribution in [0.4, 0.5) is 4.39 Å². The average molecular weight is 365 g/mol. The number of halogens is 3. The lowest BCUT2D eigenvalue weighted by Gasteiger charge is -2.09. The van der Waals surface area contributed by atoms with Crippen LogP contribution >= 0.6 is 27.5 Å². The predicted molar refractivity (Wildman–Crippen MR) is 84.1 cm³/mol. The molecule has 1 aliphatic rings. The predicted octanol–water partition coefficient (Wildman–Crippen LogP) is 4.93. The van der Waals surface area contributed by atoms with Gasteiger partial charge in [-0.05, 0) is 54.2 Å². The molecule has 2 nitrogen and oxygen atoms in total. The third-order valence-corrected chi connectivity index (χ3v) is 4.22. The van der Waals surface area contributed by atoms with Crippen LogP contribution in [0.15, 0.2) is 16.6 Å². The molecule has 1 fully saturated rings. The minimum absolute atomic E-state index is 0.104. The molecule has 0 bridgehead atoms. The minimum Gasteiger partial charge on any atom is -0.492 e. The average Bonchev–Trinajstić information content (AvgIpc) is 3.22. The van der Waals surface area contributed by atoms with Gasteiger partial charge in [-0.15, -0.1) is 0 Å². The first-order chi connectivity index (χ1) is 9.66. The SMILES string of the molecule is Fc1cc(OCCCCCCNC2CC2)c(Br)cc1Cl. The zero-order valence-electron chi connectivity index (χ0n) is 11.4. The lowest BCUT2D eigenvalue weighted by atomic mass is 10.2. The highest BCUT2D eigenvalue weighted by atomic mass is 79.9. The molecule has 1 aliphatic carbocycles. The molecule has 1 aromatic rings. The second-order valence-electron chi connectivity index (χ2n) is 5.19. The van der Waals surface area contributed by atoms with E-state index in [1.54, 1.807) is 0 Å². The first kappa shape index (κ1) is 16.1. The smallest absolute Gasteiger partial charge is 0.145 e. The highest BCUT2D eigenvalue weighted by Gasteiger charge is 2.19. The Morgan fingerprint density at radius 2 is 2.00 bits per heavy atom. The normalized spacial score (nSPS) is 14.6. The lowest BCUT2D eigenvalue weighted by molar-refractivity contribution is 0.301. The van der Waals surface area contributed by atoms with Crippen LogP contribution in [0.3, 0.4) is 0 Å². The van der Waals surface area contributed by atoms with Crippen LogP contribution in [0, 0.1) is 5.82 Å². The largest absolute Gasteiger partial charge is 0.492 e. The van der Waals surface area contributed by atoms with Gasteiger partial charge in [0.15, 0.2) is 0 Å². The second-order valence-corrected chi connectivity index (χ2v) is 6.45. The standard InChI is InChI=1S/C15H20BrClFNO/c16-12-9-13(17)14(18)10-15(12)20-8-4-2-1-3-7-19-11-5-6-11/h9-11,19H,1-8H2. The number of benzene rings is 1. The molecule has 1 aromatic carbocycles. The summed E-state index contributed by atoms with van der Waals surface area (Å²) in [5, 5.41) is 3.60. The van der Waals surface area contributed by atoms with Gasteiger partial charge in [0.05, 0.1) is 16.1 Å². The van der Waals surface area contributed by atoms with Crippen LogP contribution in [-0.4, -0.2) is 19.2 Å². The van der Waals surface area contributed by atoms with Gasteiger partial charge >= 0.3 is 0 Å². The van der Waals surface area contributed by atoms with Gasteiger partial charge in [0.1, 0.15) is 11.6 Å². The molecule has 0 aliphatic heterocycles. The van der Waals surface area contributed by atoms with Crippen LogP contribution in [0.25, 0.3) is 0 Å². The van der Waals surface area contributed by atoms with E-state index < -0.39 is 5.82 Å². The van der Waals surface area contributed by atoms with Crippen molar-refractivity contribution in [1.29, 1.82) is 0 Å². The van der Waals surface area contributed by atoms with E-state index in [9.17, 15) is 4.39 Å². The van der Waals surface area contributed by atoms with Gasteiger partial charge < -0.3 is 10.1 Å². The van der Waals surface area contributed by atoms with Crippen molar-refractivity contribution >= 4 is 27.5 Å². The van der Waals surface area contributed by atoms with E-state index in [2.05, 4.69) is 21.2 Å². The van der Waals surface area contributed by atoms with Gasteiger partial charge in [-0.1, -0.05) is 24.4 Å². The Kier molecular flexibility index (Phi) is 6.59. The van der Waals surface area contributed by atoms with Crippen LogP contribution < -0.4 is 10.1 Å². The Balaban J connectivity index is 1.55. The van der Waals surface area contributed by atoms with Crippen molar-refractivity contribution in [1.82, 2.24) is 5.32 Å². The first-order valence-corrected chi connectivity index (χ1v) is 8.34. The minimum atomic E-state index is -0.448. The van der Waals surface area contributed by atoms with E-state index in [1.165, 1.54) is 37.8 Å². The van der Waals surface area contributed by atoms with Crippen LogP contribution in [-0.2, 0) is 0 Å². The highest BCUT2D eigenvalue weighted by molar-refractivity contribution is 9.10. The number of nitrogens with one attached hydrogen (secondary N) is 1. The van der Waals surface area contributed by atoms with Crippen molar-refractivity contribution in [2.75, 3.05) is 13.2 Å². The third kappa shape index (κ3) is 5.58. The van der Waals surface area contributed by atoms with Gasteiger partial charge in [-0.25, -0.2) is 4.39 Å². The molecule has 112 valence electrons. The van der Waals surface area contributed by atoms with E-state index in [0.29, 0.717) is 16.8 Å². The third-order valence-electron chi connectivity index (χ3n) is 3.31. The molecule has 0 unspecified atom stereocenters. The van der Waals surface area contributed by atoms with Crippen molar-refractivity contribution in [3.63, 3.8) is 0 Å². The Morgan fingerprint density at radius 3 is 2.75 bits per heavy atom. The van der Waals surface area contributed by atoms with Crippen molar-refractivity contribution in [2.24, 2.45) is 0 Å². The summed E-state index contributed by atoms with van der Waals surface area (Å²) < 4.78 is 19.6. The van der Waals surface area contributed by atoms with Gasteiger partial charge in [0, 0.05) is 12.1 Å². The number of ether oxygens (including phenoxy) is 1. The van der Waals surface area contributed by atoms with Crippen molar-refractivity contribution in [2.45, 2.75) is 44.6 Å². The van der Waals surface area contributed by atoms with E-state index in [-0.39, 0.29) is 5.02 Å². The van der Waals surface area contributed by atoms with Crippen molar-refractivity contribution < 1.29 is 9.13 Å². The zero-order valence-corrected chi connectivity index (χ0v) is 13.8. The van der Waals surface area contributed by atoms with Crippen molar-refractivity contribution in [3.05, 3.63) is 27.4 Å². The second kappa shape index (κ2) is 8.20. The quantitative estimate of drug-likeness (QED) is 0.495. The van der Waals surface area contributed by atoms with Gasteiger partial charge in [-0.3, -0.25) is 0 Å². The molecule has 20 heavy (non-hydrogen) atoms. The number of hydrogen-bond acceptors (Lipinski definition) is 2. The van der Waals surface area contributed by atoms with E-state index in [1.807, 2.05) is 0 Å². The zero-order chi connectivity index (χ0) is 14.4. The molecular weight excluding hydrogens is 345 g/mol. The van der Waals surface area contributed by atoms with Crippen molar-refractivity contribution in [3.8, 4) is 5.75 Å². The number of unbranched alkanes of at least 4 members (excludes halogenated alkanes) is 3. The monoisotopic (exact) mass is 363 g/mol. The summed E-state index contributed by atoms with van der Waals surface area (Å²) in [5.41, 5.74) is 0. The maximum atomic E-state index is 13.3. The molecule has 1 N–H and O–H groups in total. The summed E-state index contributed by atoms with van der Waals surface area (Å²) in [6.07, 6.45) is 7.25. The maximum Gasteiger partial charge on any atom is 0.145 e. The van der Waals surface area contributed by atoms with Gasteiger partial charge in [-0.2, -0.15) is 0 Å². The Morgan fingerprint density at radius 1 is 1.25 bits per heavy atom. The van der Waals surface area contributed by atoms with Gasteiger partial charge in [0.25, 0.3) is 0 Å². The molecular formula is C15H20BrClFNO. The van der Waals surface area contributed by atoms with Crippen LogP contribution in [0.2, 0.25) is 5.02 Å². The number of rotatable bonds is 9. The van der Waals surface area contributed by atoms with E-state index in [4.69, 9.17) is 16.3 Å². The molecule has 0 saturated heterocycles. The summed E-state index contributed by atoms with van der Waals surface area (Å²) in [5.74, 6) is 0.0679. The summed E-state index contributed by atoms with van der Waals surface area (Å²) >= 11 is 9.00. The summed E-state index contributed by atoms with van der Waals surface area (Å²) in [7, 11) is 0. The first-order valence-electron chi connectivity index (χ1n) is 7.17. The number of hydrogen-bond donors (Lipinski definition) is 1. The van der Waals surface area contributed by atoms with E-state index in [0.717, 1.165) is 25.4 Å². The highest BCUT2D eigenvalue weighted by Crippen LogP contribution is 2.30. The van der Waals surface area contributed by atoms with Crippen LogP contribution in [0.1, 0.15) is 38.5 Å². The summed E-state index contributed by atoms with van der Waals surface area (Å²) in [6, 6.07) is 3.65. The lowest BCUT2D eigenvalue weighted by Crippen LogP contribution is -2.17. The molecule has 0 amide bonds. The molecule has 0 radical (unpaired) electrons. The maximum absolute atomic E-state index is 13.3. The summed E-state index contributed by atoms with van der Waals surface area (Å²) in [4.78, 5) is 0. The van der Waals surface area contributed by atoms with Gasteiger partial charge in [0.2, 0.25) is 0 Å².